The Balaban J connectivity index is 2.24. The summed E-state index contributed by atoms with van der Waals surface area (Å²) in [6.45, 7) is 5.36. The standard InChI is InChI=1S/C15H21ClN4O/c1-4-8-20-15(14(17)10(2)19-20)18-9-11-12(16)6-5-7-13(11)21-3/h5-7,18H,4,8-9,17H2,1-3H3. The molecular weight excluding hydrogens is 288 g/mol. The first-order chi connectivity index (χ1) is 10.1. The third kappa shape index (κ3) is 3.24. The van der Waals surface area contributed by atoms with E-state index in [-0.39, 0.29) is 0 Å². The number of nitrogen functional groups attached to an aromatic ring is 1. The second-order valence-electron chi connectivity index (χ2n) is 4.85. The zero-order valence-corrected chi connectivity index (χ0v) is 13.4. The molecular formula is C15H21ClN4O. The molecule has 2 rings (SSSR count). The molecule has 1 aromatic carbocycles. The molecule has 0 fully saturated rings. The Bertz CT molecular complexity index is 624. The van der Waals surface area contributed by atoms with Crippen molar-refractivity contribution in [1.29, 1.82) is 0 Å². The minimum absolute atomic E-state index is 0.530. The van der Waals surface area contributed by atoms with E-state index in [1.165, 1.54) is 0 Å². The summed E-state index contributed by atoms with van der Waals surface area (Å²) in [6.07, 6.45) is 0.991. The number of nitrogens with one attached hydrogen (secondary N) is 1. The van der Waals surface area contributed by atoms with E-state index in [0.29, 0.717) is 17.3 Å². The van der Waals surface area contributed by atoms with E-state index in [1.54, 1.807) is 7.11 Å². The van der Waals surface area contributed by atoms with E-state index in [4.69, 9.17) is 22.1 Å². The van der Waals surface area contributed by atoms with Gasteiger partial charge in [-0.05, 0) is 25.5 Å². The molecule has 0 saturated carbocycles. The summed E-state index contributed by atoms with van der Waals surface area (Å²) in [6, 6.07) is 5.60. The van der Waals surface area contributed by atoms with Gasteiger partial charge in [0.2, 0.25) is 0 Å². The first-order valence-electron chi connectivity index (χ1n) is 6.96. The van der Waals surface area contributed by atoms with Crippen LogP contribution in [0.3, 0.4) is 0 Å². The Labute approximate surface area is 130 Å². The molecule has 21 heavy (non-hydrogen) atoms. The van der Waals surface area contributed by atoms with Crippen molar-refractivity contribution in [2.45, 2.75) is 33.4 Å². The van der Waals surface area contributed by atoms with Crippen molar-refractivity contribution < 1.29 is 4.74 Å². The van der Waals surface area contributed by atoms with Gasteiger partial charge in [-0.2, -0.15) is 5.10 Å². The van der Waals surface area contributed by atoms with Crippen molar-refractivity contribution in [3.63, 3.8) is 0 Å². The highest BCUT2D eigenvalue weighted by atomic mass is 35.5. The number of aromatic nitrogens is 2. The van der Waals surface area contributed by atoms with E-state index in [2.05, 4.69) is 17.3 Å². The van der Waals surface area contributed by atoms with Gasteiger partial charge in [0, 0.05) is 23.7 Å². The lowest BCUT2D eigenvalue weighted by molar-refractivity contribution is 0.410. The van der Waals surface area contributed by atoms with Gasteiger partial charge < -0.3 is 15.8 Å². The highest BCUT2D eigenvalue weighted by Crippen LogP contribution is 2.29. The molecule has 0 aliphatic rings. The number of rotatable bonds is 6. The Kier molecular flexibility index (Phi) is 4.96. The van der Waals surface area contributed by atoms with Crippen LogP contribution in [-0.2, 0) is 13.1 Å². The molecule has 0 atom stereocenters. The second-order valence-corrected chi connectivity index (χ2v) is 5.25. The fourth-order valence-corrected chi connectivity index (χ4v) is 2.46. The lowest BCUT2D eigenvalue weighted by Gasteiger charge is -2.13. The van der Waals surface area contributed by atoms with Crippen LogP contribution in [0.1, 0.15) is 24.6 Å². The fourth-order valence-electron chi connectivity index (χ4n) is 2.23. The number of hydrogen-bond acceptors (Lipinski definition) is 4. The van der Waals surface area contributed by atoms with Crippen LogP contribution in [0, 0.1) is 6.92 Å². The van der Waals surface area contributed by atoms with Crippen molar-refractivity contribution >= 4 is 23.1 Å². The lowest BCUT2D eigenvalue weighted by Crippen LogP contribution is -2.10. The molecule has 0 spiro atoms. The topological polar surface area (TPSA) is 65.1 Å². The number of aryl methyl sites for hydroxylation is 2. The zero-order valence-electron chi connectivity index (χ0n) is 12.6. The highest BCUT2D eigenvalue weighted by molar-refractivity contribution is 6.31. The van der Waals surface area contributed by atoms with Crippen LogP contribution in [0.2, 0.25) is 5.02 Å². The van der Waals surface area contributed by atoms with Crippen LogP contribution >= 0.6 is 11.6 Å². The fraction of sp³-hybridized carbons (Fsp3) is 0.400. The number of ether oxygens (including phenoxy) is 1. The third-order valence-corrected chi connectivity index (χ3v) is 3.69. The maximum absolute atomic E-state index is 6.25. The average molecular weight is 309 g/mol. The molecule has 0 saturated heterocycles. The zero-order chi connectivity index (χ0) is 15.4. The minimum atomic E-state index is 0.530. The number of hydrogen-bond donors (Lipinski definition) is 2. The molecule has 1 aromatic heterocycles. The van der Waals surface area contributed by atoms with Gasteiger partial charge in [0.15, 0.2) is 0 Å². The van der Waals surface area contributed by atoms with Crippen molar-refractivity contribution in [3.05, 3.63) is 34.5 Å². The molecule has 1 heterocycles. The summed E-state index contributed by atoms with van der Waals surface area (Å²) in [5.41, 5.74) is 8.51. The van der Waals surface area contributed by atoms with Crippen molar-refractivity contribution in [2.75, 3.05) is 18.2 Å². The number of nitrogens with zero attached hydrogens (tertiary/aromatic N) is 2. The van der Waals surface area contributed by atoms with Gasteiger partial charge >= 0.3 is 0 Å². The van der Waals surface area contributed by atoms with Crippen molar-refractivity contribution in [2.24, 2.45) is 0 Å². The molecule has 5 nitrogen and oxygen atoms in total. The predicted molar refractivity (Wildman–Crippen MR) is 87.0 cm³/mol. The average Bonchev–Trinajstić information content (AvgIpc) is 2.73. The first kappa shape index (κ1) is 15.5. The van der Waals surface area contributed by atoms with Crippen LogP contribution in [0.4, 0.5) is 11.5 Å². The van der Waals surface area contributed by atoms with Crippen molar-refractivity contribution in [3.8, 4) is 5.75 Å². The molecule has 0 bridgehead atoms. The van der Waals surface area contributed by atoms with Crippen LogP contribution in [0.25, 0.3) is 0 Å². The Morgan fingerprint density at radius 3 is 2.86 bits per heavy atom. The number of nitrogens with two attached hydrogens (primary N) is 1. The maximum atomic E-state index is 6.25. The Hall–Kier alpha value is -1.88. The number of methoxy groups -OCH3 is 1. The van der Waals surface area contributed by atoms with Crippen LogP contribution in [0.5, 0.6) is 5.75 Å². The molecule has 3 N–H and O–H groups in total. The summed E-state index contributed by atoms with van der Waals surface area (Å²) in [5.74, 6) is 1.59. The highest BCUT2D eigenvalue weighted by Gasteiger charge is 2.14. The van der Waals surface area contributed by atoms with E-state index < -0.39 is 0 Å². The maximum Gasteiger partial charge on any atom is 0.148 e. The molecule has 0 radical (unpaired) electrons. The van der Waals surface area contributed by atoms with E-state index in [9.17, 15) is 0 Å². The largest absolute Gasteiger partial charge is 0.496 e. The molecule has 0 aliphatic heterocycles. The van der Waals surface area contributed by atoms with Gasteiger partial charge in [0.25, 0.3) is 0 Å². The van der Waals surface area contributed by atoms with Gasteiger partial charge in [0.1, 0.15) is 11.6 Å². The van der Waals surface area contributed by atoms with Gasteiger partial charge in [-0.15, -0.1) is 0 Å². The van der Waals surface area contributed by atoms with Gasteiger partial charge in [-0.1, -0.05) is 24.6 Å². The molecule has 6 heteroatoms. The van der Waals surface area contributed by atoms with E-state index >= 15 is 0 Å². The van der Waals surface area contributed by atoms with Gasteiger partial charge in [-0.3, -0.25) is 0 Å². The Morgan fingerprint density at radius 2 is 2.19 bits per heavy atom. The Morgan fingerprint density at radius 1 is 1.43 bits per heavy atom. The summed E-state index contributed by atoms with van der Waals surface area (Å²) < 4.78 is 7.25. The second kappa shape index (κ2) is 6.72. The first-order valence-corrected chi connectivity index (χ1v) is 7.34. The third-order valence-electron chi connectivity index (χ3n) is 3.34. The molecule has 114 valence electrons. The minimum Gasteiger partial charge on any atom is -0.496 e. The van der Waals surface area contributed by atoms with Gasteiger partial charge in [-0.25, -0.2) is 4.68 Å². The summed E-state index contributed by atoms with van der Waals surface area (Å²) in [5, 5.41) is 8.44. The quantitative estimate of drug-likeness (QED) is 0.857. The summed E-state index contributed by atoms with van der Waals surface area (Å²) in [7, 11) is 1.63. The smallest absolute Gasteiger partial charge is 0.148 e. The van der Waals surface area contributed by atoms with Crippen LogP contribution in [0.15, 0.2) is 18.2 Å². The van der Waals surface area contributed by atoms with E-state index in [0.717, 1.165) is 35.8 Å². The number of halogens is 1. The number of benzene rings is 1. The molecule has 0 amide bonds. The summed E-state index contributed by atoms with van der Waals surface area (Å²) in [4.78, 5) is 0. The lowest BCUT2D eigenvalue weighted by atomic mass is 10.2. The SMILES string of the molecule is CCCn1nc(C)c(N)c1NCc1c(Cl)cccc1OC. The monoisotopic (exact) mass is 308 g/mol. The van der Waals surface area contributed by atoms with E-state index in [1.807, 2.05) is 29.8 Å². The summed E-state index contributed by atoms with van der Waals surface area (Å²) >= 11 is 6.25. The van der Waals surface area contributed by atoms with Crippen molar-refractivity contribution in [1.82, 2.24) is 9.78 Å². The normalized spacial score (nSPS) is 10.7. The number of anilines is 2. The molecule has 0 unspecified atom stereocenters. The molecule has 2 aromatic rings. The van der Waals surface area contributed by atoms with Crippen LogP contribution in [-0.4, -0.2) is 16.9 Å². The van der Waals surface area contributed by atoms with Crippen LogP contribution < -0.4 is 15.8 Å². The predicted octanol–water partition coefficient (Wildman–Crippen LogP) is 3.46. The molecule has 0 aliphatic carbocycles. The van der Waals surface area contributed by atoms with Gasteiger partial charge in [0.05, 0.1) is 18.5 Å².